The van der Waals surface area contributed by atoms with Gasteiger partial charge in [-0.15, -0.1) is 0 Å². The molecule has 0 aromatic carbocycles. The molecule has 2 nitrogen and oxygen atoms in total. The molecule has 1 N–H and O–H groups in total. The molecule has 3 aliphatic rings. The molecule has 0 aromatic rings. The van der Waals surface area contributed by atoms with Gasteiger partial charge in [0.25, 0.3) is 0 Å². The van der Waals surface area contributed by atoms with Gasteiger partial charge in [0.15, 0.2) is 0 Å². The van der Waals surface area contributed by atoms with Crippen LogP contribution in [0.4, 0.5) is 0 Å². The van der Waals surface area contributed by atoms with Crippen molar-refractivity contribution in [2.45, 2.75) is 70.9 Å². The van der Waals surface area contributed by atoms with Gasteiger partial charge in [-0.05, 0) is 69.6 Å². The number of fused-ring (bicyclic) bond motifs is 2. The van der Waals surface area contributed by atoms with Crippen LogP contribution in [0.5, 0.6) is 0 Å². The molecule has 2 heteroatoms. The third-order valence-corrected chi connectivity index (χ3v) is 5.47. The highest BCUT2D eigenvalue weighted by Gasteiger charge is 2.50. The summed E-state index contributed by atoms with van der Waals surface area (Å²) >= 11 is 0. The zero-order valence-electron chi connectivity index (χ0n) is 12.1. The molecular weight excluding hydrogens is 222 g/mol. The predicted octanol–water partition coefficient (Wildman–Crippen LogP) is 3.36. The first-order valence-corrected chi connectivity index (χ1v) is 8.03. The topological polar surface area (TPSA) is 21.3 Å². The van der Waals surface area contributed by atoms with Gasteiger partial charge in [-0.3, -0.25) is 0 Å². The minimum absolute atomic E-state index is 0.386. The summed E-state index contributed by atoms with van der Waals surface area (Å²) in [5.41, 5.74) is 0.584. The predicted molar refractivity (Wildman–Crippen MR) is 74.6 cm³/mol. The number of ether oxygens (including phenoxy) is 1. The van der Waals surface area contributed by atoms with E-state index in [4.69, 9.17) is 4.74 Å². The number of hydrogen-bond acceptors (Lipinski definition) is 2. The summed E-state index contributed by atoms with van der Waals surface area (Å²) in [5, 5.41) is 3.81. The van der Waals surface area contributed by atoms with Crippen molar-refractivity contribution < 1.29 is 4.74 Å². The normalized spacial score (nSPS) is 38.8. The van der Waals surface area contributed by atoms with Crippen LogP contribution >= 0.6 is 0 Å². The minimum Gasteiger partial charge on any atom is -0.379 e. The Morgan fingerprint density at radius 3 is 2.61 bits per heavy atom. The van der Waals surface area contributed by atoms with Crippen LogP contribution in [0.2, 0.25) is 0 Å². The molecule has 3 unspecified atom stereocenters. The van der Waals surface area contributed by atoms with Gasteiger partial charge in [0.05, 0.1) is 6.10 Å². The highest BCUT2D eigenvalue weighted by molar-refractivity contribution is 5.02. The summed E-state index contributed by atoms with van der Waals surface area (Å²) in [6.07, 6.45) is 10.5. The van der Waals surface area contributed by atoms with E-state index in [1.54, 1.807) is 0 Å². The van der Waals surface area contributed by atoms with E-state index in [-0.39, 0.29) is 0 Å². The van der Waals surface area contributed by atoms with Gasteiger partial charge in [-0.25, -0.2) is 0 Å². The highest BCUT2D eigenvalue weighted by Crippen LogP contribution is 2.57. The Kier molecular flexibility index (Phi) is 3.68. The van der Waals surface area contributed by atoms with Crippen molar-refractivity contribution in [1.82, 2.24) is 5.32 Å². The van der Waals surface area contributed by atoms with Gasteiger partial charge < -0.3 is 10.1 Å². The molecule has 0 heterocycles. The molecule has 0 saturated heterocycles. The first kappa shape index (κ1) is 12.9. The van der Waals surface area contributed by atoms with Crippen molar-refractivity contribution in [3.05, 3.63) is 0 Å². The largest absolute Gasteiger partial charge is 0.379 e. The molecule has 0 aromatic heterocycles. The van der Waals surface area contributed by atoms with Crippen LogP contribution in [-0.4, -0.2) is 25.3 Å². The zero-order valence-corrected chi connectivity index (χ0v) is 12.1. The lowest BCUT2D eigenvalue weighted by molar-refractivity contribution is 0.0321. The maximum atomic E-state index is 5.83. The van der Waals surface area contributed by atoms with Gasteiger partial charge in [-0.2, -0.15) is 0 Å². The van der Waals surface area contributed by atoms with Crippen molar-refractivity contribution >= 4 is 0 Å². The van der Waals surface area contributed by atoms with Gasteiger partial charge in [0.1, 0.15) is 0 Å². The van der Waals surface area contributed by atoms with Crippen LogP contribution in [0.1, 0.15) is 58.8 Å². The molecule has 0 radical (unpaired) electrons. The highest BCUT2D eigenvalue weighted by atomic mass is 16.5. The van der Waals surface area contributed by atoms with Crippen LogP contribution in [0, 0.1) is 17.3 Å². The summed E-state index contributed by atoms with van der Waals surface area (Å²) in [6, 6.07) is 0.854. The average molecular weight is 251 g/mol. The second-order valence-electron chi connectivity index (χ2n) is 7.27. The smallest absolute Gasteiger partial charge is 0.0518 e. The van der Waals surface area contributed by atoms with Crippen LogP contribution < -0.4 is 5.32 Å². The Hall–Kier alpha value is -0.0800. The SMILES string of the molecule is CC(C)OCCC1(CNC2CC2)CC2CCC1C2. The quantitative estimate of drug-likeness (QED) is 0.749. The Balaban J connectivity index is 1.56. The van der Waals surface area contributed by atoms with E-state index < -0.39 is 0 Å². The molecule has 104 valence electrons. The minimum atomic E-state index is 0.386. The van der Waals surface area contributed by atoms with Gasteiger partial charge >= 0.3 is 0 Å². The van der Waals surface area contributed by atoms with E-state index in [0.717, 1.165) is 24.5 Å². The molecule has 3 atom stereocenters. The molecule has 3 aliphatic carbocycles. The van der Waals surface area contributed by atoms with Crippen molar-refractivity contribution in [3.8, 4) is 0 Å². The van der Waals surface area contributed by atoms with E-state index >= 15 is 0 Å². The second-order valence-corrected chi connectivity index (χ2v) is 7.27. The van der Waals surface area contributed by atoms with Crippen molar-refractivity contribution in [1.29, 1.82) is 0 Å². The number of rotatable bonds is 7. The molecule has 3 saturated carbocycles. The fourth-order valence-electron chi connectivity index (χ4n) is 4.30. The van der Waals surface area contributed by atoms with Crippen molar-refractivity contribution in [3.63, 3.8) is 0 Å². The summed E-state index contributed by atoms with van der Waals surface area (Å²) in [6.45, 7) is 6.53. The van der Waals surface area contributed by atoms with E-state index in [1.165, 1.54) is 51.5 Å². The van der Waals surface area contributed by atoms with E-state index in [2.05, 4.69) is 19.2 Å². The first-order valence-electron chi connectivity index (χ1n) is 8.03. The molecule has 18 heavy (non-hydrogen) atoms. The van der Waals surface area contributed by atoms with E-state index in [9.17, 15) is 0 Å². The monoisotopic (exact) mass is 251 g/mol. The van der Waals surface area contributed by atoms with Crippen molar-refractivity contribution in [2.24, 2.45) is 17.3 Å². The Morgan fingerprint density at radius 2 is 2.06 bits per heavy atom. The van der Waals surface area contributed by atoms with E-state index in [0.29, 0.717) is 11.5 Å². The molecule has 3 rings (SSSR count). The number of nitrogens with one attached hydrogen (secondary N) is 1. The molecule has 0 spiro atoms. The van der Waals surface area contributed by atoms with Crippen LogP contribution in [0.15, 0.2) is 0 Å². The Bertz CT molecular complexity index is 287. The summed E-state index contributed by atoms with van der Waals surface area (Å²) in [4.78, 5) is 0. The molecule has 3 fully saturated rings. The maximum Gasteiger partial charge on any atom is 0.0518 e. The fraction of sp³-hybridized carbons (Fsp3) is 1.00. The summed E-state index contributed by atoms with van der Waals surface area (Å²) in [5.74, 6) is 2.03. The molecule has 0 amide bonds. The third kappa shape index (κ3) is 2.75. The molecule has 0 aliphatic heterocycles. The van der Waals surface area contributed by atoms with Crippen LogP contribution in [-0.2, 0) is 4.74 Å². The standard InChI is InChI=1S/C16H29NO/c1-12(2)18-8-7-16(11-17-15-5-6-15)10-13-3-4-14(16)9-13/h12-15,17H,3-11H2,1-2H3. The van der Waals surface area contributed by atoms with Gasteiger partial charge in [0.2, 0.25) is 0 Å². The fourth-order valence-corrected chi connectivity index (χ4v) is 4.30. The van der Waals surface area contributed by atoms with Crippen molar-refractivity contribution in [2.75, 3.05) is 13.2 Å². The second kappa shape index (κ2) is 5.13. The first-order chi connectivity index (χ1) is 8.68. The Morgan fingerprint density at radius 1 is 1.22 bits per heavy atom. The summed E-state index contributed by atoms with van der Waals surface area (Å²) < 4.78 is 5.83. The van der Waals surface area contributed by atoms with Gasteiger partial charge in [0, 0.05) is 19.2 Å². The van der Waals surface area contributed by atoms with Crippen LogP contribution in [0.3, 0.4) is 0 Å². The lowest BCUT2D eigenvalue weighted by atomic mass is 9.71. The third-order valence-electron chi connectivity index (χ3n) is 5.47. The van der Waals surface area contributed by atoms with E-state index in [1.807, 2.05) is 0 Å². The maximum absolute atomic E-state index is 5.83. The Labute approximate surface area is 112 Å². The summed E-state index contributed by atoms with van der Waals surface area (Å²) in [7, 11) is 0. The molecule has 2 bridgehead atoms. The number of hydrogen-bond donors (Lipinski definition) is 1. The molecular formula is C16H29NO. The lowest BCUT2D eigenvalue weighted by Gasteiger charge is -2.38. The zero-order chi connectivity index (χ0) is 12.6. The van der Waals surface area contributed by atoms with Crippen LogP contribution in [0.25, 0.3) is 0 Å². The average Bonchev–Trinajstić information content (AvgIpc) is 2.96. The lowest BCUT2D eigenvalue weighted by Crippen LogP contribution is -2.40. The van der Waals surface area contributed by atoms with Gasteiger partial charge in [-0.1, -0.05) is 6.42 Å².